The number of hydrogen-bond acceptors (Lipinski definition) is 4. The maximum absolute atomic E-state index is 11.5. The van der Waals surface area contributed by atoms with Gasteiger partial charge >= 0.3 is 12.0 Å². The average Bonchev–Trinajstić information content (AvgIpc) is 2.40. The lowest BCUT2D eigenvalue weighted by Crippen LogP contribution is -2.47. The molecule has 0 heterocycles. The van der Waals surface area contributed by atoms with E-state index in [4.69, 9.17) is 14.9 Å². The molecule has 0 spiro atoms. The van der Waals surface area contributed by atoms with Gasteiger partial charge in [-0.2, -0.15) is 0 Å². The highest BCUT2D eigenvalue weighted by atomic mass is 16.5. The molecule has 0 bridgehead atoms. The van der Waals surface area contributed by atoms with Gasteiger partial charge < -0.3 is 25.6 Å². The molecule has 0 aliphatic carbocycles. The van der Waals surface area contributed by atoms with Gasteiger partial charge in [-0.3, -0.25) is 0 Å². The lowest BCUT2D eigenvalue weighted by atomic mass is 10.1. The minimum Gasteiger partial charge on any atom is -0.508 e. The molecule has 2 amide bonds. The van der Waals surface area contributed by atoms with Crippen LogP contribution in [0, 0.1) is 0 Å². The van der Waals surface area contributed by atoms with Gasteiger partial charge in [-0.05, 0) is 17.7 Å². The van der Waals surface area contributed by atoms with Gasteiger partial charge in [0.2, 0.25) is 0 Å². The summed E-state index contributed by atoms with van der Waals surface area (Å²) in [5, 5.41) is 23.1. The Hall–Kier alpha value is -2.28. The van der Waals surface area contributed by atoms with Crippen molar-refractivity contribution in [2.45, 2.75) is 12.5 Å². The number of phenolic OH excluding ortho intramolecular Hbond substituents is 1. The van der Waals surface area contributed by atoms with E-state index in [-0.39, 0.29) is 12.2 Å². The van der Waals surface area contributed by atoms with Crippen LogP contribution in [0.3, 0.4) is 0 Å². The fourth-order valence-corrected chi connectivity index (χ4v) is 1.54. The number of phenols is 1. The van der Waals surface area contributed by atoms with E-state index in [0.717, 1.165) is 0 Å². The second-order valence-electron chi connectivity index (χ2n) is 4.15. The third-order valence-corrected chi connectivity index (χ3v) is 2.57. The summed E-state index contributed by atoms with van der Waals surface area (Å²) in [7, 11) is 1.50. The fourth-order valence-electron chi connectivity index (χ4n) is 1.54. The summed E-state index contributed by atoms with van der Waals surface area (Å²) in [6.07, 6.45) is 0.132. The highest BCUT2D eigenvalue weighted by molar-refractivity contribution is 5.82. The predicted molar refractivity (Wildman–Crippen MR) is 71.6 cm³/mol. The highest BCUT2D eigenvalue weighted by Crippen LogP contribution is 2.11. The Kier molecular flexibility index (Phi) is 6.31. The number of benzene rings is 1. The van der Waals surface area contributed by atoms with Crippen molar-refractivity contribution in [3.05, 3.63) is 29.8 Å². The number of aliphatic carboxylic acids is 1. The quantitative estimate of drug-likeness (QED) is 0.539. The molecule has 1 rings (SSSR count). The lowest BCUT2D eigenvalue weighted by molar-refractivity contribution is -0.139. The van der Waals surface area contributed by atoms with Gasteiger partial charge in [0.1, 0.15) is 11.8 Å². The summed E-state index contributed by atoms with van der Waals surface area (Å²) in [6.45, 7) is 0.650. The first-order valence-corrected chi connectivity index (χ1v) is 6.07. The SMILES string of the molecule is COCCNC(=O)NC(Cc1ccc(O)cc1)C(=O)O. The summed E-state index contributed by atoms with van der Waals surface area (Å²) >= 11 is 0. The van der Waals surface area contributed by atoms with Crippen molar-refractivity contribution in [1.82, 2.24) is 10.6 Å². The summed E-state index contributed by atoms with van der Waals surface area (Å²) in [5.74, 6) is -1.02. The predicted octanol–water partition coefficient (Wildman–Crippen LogP) is 0.333. The van der Waals surface area contributed by atoms with E-state index in [9.17, 15) is 9.59 Å². The van der Waals surface area contributed by atoms with Crippen molar-refractivity contribution < 1.29 is 24.5 Å². The van der Waals surface area contributed by atoms with Crippen LogP contribution in [0.5, 0.6) is 5.75 Å². The van der Waals surface area contributed by atoms with E-state index < -0.39 is 18.0 Å². The number of carboxylic acid groups (broad SMARTS) is 1. The van der Waals surface area contributed by atoms with Crippen molar-refractivity contribution in [2.75, 3.05) is 20.3 Å². The van der Waals surface area contributed by atoms with Gasteiger partial charge in [0.25, 0.3) is 0 Å². The molecule has 7 heteroatoms. The molecule has 0 fully saturated rings. The molecule has 0 saturated carbocycles. The zero-order chi connectivity index (χ0) is 15.0. The van der Waals surface area contributed by atoms with Crippen molar-refractivity contribution in [1.29, 1.82) is 0 Å². The summed E-state index contributed by atoms with van der Waals surface area (Å²) in [5.41, 5.74) is 0.701. The number of carbonyl (C=O) groups is 2. The number of carboxylic acids is 1. The Morgan fingerprint density at radius 1 is 1.30 bits per heavy atom. The molecule has 0 aliphatic rings. The van der Waals surface area contributed by atoms with Gasteiger partial charge in [0, 0.05) is 20.1 Å². The van der Waals surface area contributed by atoms with Crippen LogP contribution in [0.4, 0.5) is 4.79 Å². The first-order valence-electron chi connectivity index (χ1n) is 6.07. The van der Waals surface area contributed by atoms with E-state index >= 15 is 0 Å². The topological polar surface area (TPSA) is 108 Å². The van der Waals surface area contributed by atoms with E-state index in [0.29, 0.717) is 18.7 Å². The largest absolute Gasteiger partial charge is 0.508 e. The Balaban J connectivity index is 2.54. The number of rotatable bonds is 7. The average molecular weight is 282 g/mol. The minimum atomic E-state index is -1.13. The van der Waals surface area contributed by atoms with Gasteiger partial charge in [-0.1, -0.05) is 12.1 Å². The monoisotopic (exact) mass is 282 g/mol. The molecule has 4 N–H and O–H groups in total. The molecule has 20 heavy (non-hydrogen) atoms. The van der Waals surface area contributed by atoms with Crippen molar-refractivity contribution in [2.24, 2.45) is 0 Å². The van der Waals surface area contributed by atoms with E-state index in [2.05, 4.69) is 10.6 Å². The van der Waals surface area contributed by atoms with Crippen LogP contribution in [-0.2, 0) is 16.0 Å². The van der Waals surface area contributed by atoms with Crippen molar-refractivity contribution in [3.8, 4) is 5.75 Å². The number of methoxy groups -OCH3 is 1. The molecular weight excluding hydrogens is 264 g/mol. The van der Waals surface area contributed by atoms with Crippen LogP contribution < -0.4 is 10.6 Å². The van der Waals surface area contributed by atoms with E-state index in [1.165, 1.54) is 19.2 Å². The zero-order valence-corrected chi connectivity index (χ0v) is 11.1. The Labute approximate surface area is 116 Å². The second-order valence-corrected chi connectivity index (χ2v) is 4.15. The maximum Gasteiger partial charge on any atom is 0.326 e. The first-order chi connectivity index (χ1) is 9.52. The van der Waals surface area contributed by atoms with Crippen LogP contribution in [0.25, 0.3) is 0 Å². The van der Waals surface area contributed by atoms with Crippen LogP contribution in [0.1, 0.15) is 5.56 Å². The van der Waals surface area contributed by atoms with Crippen molar-refractivity contribution >= 4 is 12.0 Å². The second kappa shape index (κ2) is 8.00. The minimum absolute atomic E-state index is 0.103. The Morgan fingerprint density at radius 3 is 2.50 bits per heavy atom. The molecule has 1 unspecified atom stereocenters. The molecule has 0 aliphatic heterocycles. The molecule has 1 aromatic rings. The molecule has 1 aromatic carbocycles. The Morgan fingerprint density at radius 2 is 1.95 bits per heavy atom. The highest BCUT2D eigenvalue weighted by Gasteiger charge is 2.20. The number of ether oxygens (including phenoxy) is 1. The maximum atomic E-state index is 11.5. The van der Waals surface area contributed by atoms with E-state index in [1.54, 1.807) is 12.1 Å². The van der Waals surface area contributed by atoms with Crippen molar-refractivity contribution in [3.63, 3.8) is 0 Å². The lowest BCUT2D eigenvalue weighted by Gasteiger charge is -2.15. The number of hydrogen-bond donors (Lipinski definition) is 4. The summed E-state index contributed by atoms with van der Waals surface area (Å²) in [6, 6.07) is 4.54. The standard InChI is InChI=1S/C13H18N2O5/c1-20-7-6-14-13(19)15-11(12(17)18)8-9-2-4-10(16)5-3-9/h2-5,11,16H,6-8H2,1H3,(H,17,18)(H2,14,15,19). The van der Waals surface area contributed by atoms with E-state index in [1.807, 2.05) is 0 Å². The summed E-state index contributed by atoms with van der Waals surface area (Å²) in [4.78, 5) is 22.6. The molecular formula is C13H18N2O5. The molecule has 7 nitrogen and oxygen atoms in total. The smallest absolute Gasteiger partial charge is 0.326 e. The molecule has 0 aromatic heterocycles. The van der Waals surface area contributed by atoms with Gasteiger partial charge in [-0.25, -0.2) is 9.59 Å². The summed E-state index contributed by atoms with van der Waals surface area (Å²) < 4.78 is 4.77. The van der Waals surface area contributed by atoms with Crippen LogP contribution in [-0.4, -0.2) is 48.5 Å². The van der Waals surface area contributed by atoms with Gasteiger partial charge in [0.15, 0.2) is 0 Å². The fraction of sp³-hybridized carbons (Fsp3) is 0.385. The third kappa shape index (κ3) is 5.57. The zero-order valence-electron chi connectivity index (χ0n) is 11.1. The molecule has 0 radical (unpaired) electrons. The Bertz CT molecular complexity index is 447. The van der Waals surface area contributed by atoms with Gasteiger partial charge in [-0.15, -0.1) is 0 Å². The molecule has 1 atom stereocenters. The number of urea groups is 1. The molecule has 110 valence electrons. The van der Waals surface area contributed by atoms with Gasteiger partial charge in [0.05, 0.1) is 6.61 Å². The normalized spacial score (nSPS) is 11.7. The number of nitrogens with one attached hydrogen (secondary N) is 2. The van der Waals surface area contributed by atoms with Crippen LogP contribution in [0.2, 0.25) is 0 Å². The number of aromatic hydroxyl groups is 1. The third-order valence-electron chi connectivity index (χ3n) is 2.57. The first kappa shape index (κ1) is 15.8. The van der Waals surface area contributed by atoms with Crippen LogP contribution in [0.15, 0.2) is 24.3 Å². The number of amides is 2. The van der Waals surface area contributed by atoms with Crippen LogP contribution >= 0.6 is 0 Å². The number of carbonyl (C=O) groups excluding carboxylic acids is 1. The molecule has 0 saturated heterocycles.